The van der Waals surface area contributed by atoms with Gasteiger partial charge in [0, 0.05) is 18.2 Å². The van der Waals surface area contributed by atoms with Gasteiger partial charge in [-0.05, 0) is 30.9 Å². The standard InChI is InChI=1S/C17H21N3O2/c1-11(2)9-14-13-5-6-18-17(13)20(19-14)12-3-4-15-16(10-12)22-8-7-21-15/h3-4,10-11,18H,5-9H2,1-2H3. The molecule has 0 saturated carbocycles. The molecule has 0 atom stereocenters. The van der Waals surface area contributed by atoms with Crippen molar-refractivity contribution in [1.29, 1.82) is 0 Å². The second-order valence-electron chi connectivity index (χ2n) is 6.29. The predicted octanol–water partition coefficient (Wildman–Crippen LogP) is 2.81. The number of hydrogen-bond acceptors (Lipinski definition) is 4. The molecule has 5 nitrogen and oxygen atoms in total. The largest absolute Gasteiger partial charge is 0.486 e. The first-order chi connectivity index (χ1) is 10.7. The monoisotopic (exact) mass is 299 g/mol. The van der Waals surface area contributed by atoms with Gasteiger partial charge in [0.05, 0.1) is 11.4 Å². The first-order valence-electron chi connectivity index (χ1n) is 7.97. The zero-order chi connectivity index (χ0) is 15.1. The van der Waals surface area contributed by atoms with Crippen LogP contribution in [-0.2, 0) is 12.8 Å². The Labute approximate surface area is 130 Å². The molecule has 4 rings (SSSR count). The van der Waals surface area contributed by atoms with Crippen LogP contribution in [-0.4, -0.2) is 29.5 Å². The van der Waals surface area contributed by atoms with Crippen molar-refractivity contribution in [2.75, 3.05) is 25.1 Å². The van der Waals surface area contributed by atoms with Crippen LogP contribution < -0.4 is 14.8 Å². The summed E-state index contributed by atoms with van der Waals surface area (Å²) in [5.41, 5.74) is 3.60. The molecule has 22 heavy (non-hydrogen) atoms. The van der Waals surface area contributed by atoms with Crippen molar-refractivity contribution in [3.63, 3.8) is 0 Å². The summed E-state index contributed by atoms with van der Waals surface area (Å²) < 4.78 is 13.3. The van der Waals surface area contributed by atoms with E-state index in [9.17, 15) is 0 Å². The summed E-state index contributed by atoms with van der Waals surface area (Å²) in [7, 11) is 0. The van der Waals surface area contributed by atoms with E-state index in [1.54, 1.807) is 0 Å². The lowest BCUT2D eigenvalue weighted by atomic mass is 10.0. The summed E-state index contributed by atoms with van der Waals surface area (Å²) >= 11 is 0. The van der Waals surface area contributed by atoms with Gasteiger partial charge >= 0.3 is 0 Å². The Kier molecular flexibility index (Phi) is 3.21. The van der Waals surface area contributed by atoms with Crippen molar-refractivity contribution in [2.45, 2.75) is 26.7 Å². The minimum atomic E-state index is 0.602. The van der Waals surface area contributed by atoms with Crippen LogP contribution in [0.25, 0.3) is 5.69 Å². The van der Waals surface area contributed by atoms with Gasteiger partial charge in [-0.25, -0.2) is 4.68 Å². The van der Waals surface area contributed by atoms with Crippen LogP contribution in [0.4, 0.5) is 5.82 Å². The number of benzene rings is 1. The minimum Gasteiger partial charge on any atom is -0.486 e. The number of nitrogens with one attached hydrogen (secondary N) is 1. The predicted molar refractivity (Wildman–Crippen MR) is 85.3 cm³/mol. The molecule has 0 spiro atoms. The highest BCUT2D eigenvalue weighted by molar-refractivity contribution is 5.59. The highest BCUT2D eigenvalue weighted by atomic mass is 16.6. The summed E-state index contributed by atoms with van der Waals surface area (Å²) in [6, 6.07) is 6.02. The van der Waals surface area contributed by atoms with Crippen LogP contribution in [0.1, 0.15) is 25.1 Å². The maximum absolute atomic E-state index is 5.69. The molecule has 1 aromatic heterocycles. The van der Waals surface area contributed by atoms with Crippen LogP contribution in [0.15, 0.2) is 18.2 Å². The average molecular weight is 299 g/mol. The number of nitrogens with zero attached hydrogens (tertiary/aromatic N) is 2. The van der Waals surface area contributed by atoms with Crippen LogP contribution in [0, 0.1) is 5.92 Å². The van der Waals surface area contributed by atoms with Gasteiger partial charge in [0.2, 0.25) is 0 Å². The Morgan fingerprint density at radius 2 is 2.05 bits per heavy atom. The quantitative estimate of drug-likeness (QED) is 0.947. The summed E-state index contributed by atoms with van der Waals surface area (Å²) in [5.74, 6) is 3.35. The van der Waals surface area contributed by atoms with Gasteiger partial charge in [0.1, 0.15) is 19.0 Å². The third-order valence-electron chi connectivity index (χ3n) is 4.11. The molecule has 2 aromatic rings. The summed E-state index contributed by atoms with van der Waals surface area (Å²) in [6.07, 6.45) is 2.07. The van der Waals surface area contributed by atoms with E-state index in [4.69, 9.17) is 14.6 Å². The van der Waals surface area contributed by atoms with Gasteiger partial charge < -0.3 is 14.8 Å². The first kappa shape index (κ1) is 13.5. The number of anilines is 1. The molecule has 0 amide bonds. The summed E-state index contributed by atoms with van der Waals surface area (Å²) in [5, 5.41) is 8.32. The molecule has 116 valence electrons. The Hall–Kier alpha value is -2.17. The maximum Gasteiger partial charge on any atom is 0.163 e. The summed E-state index contributed by atoms with van der Waals surface area (Å²) in [6.45, 7) is 6.67. The molecule has 0 bridgehead atoms. The minimum absolute atomic E-state index is 0.602. The third-order valence-corrected chi connectivity index (χ3v) is 4.11. The lowest BCUT2D eigenvalue weighted by Crippen LogP contribution is -2.15. The molecule has 0 unspecified atom stereocenters. The number of aromatic nitrogens is 2. The zero-order valence-electron chi connectivity index (χ0n) is 13.1. The Balaban J connectivity index is 1.76. The van der Waals surface area contributed by atoms with E-state index in [1.807, 2.05) is 22.9 Å². The maximum atomic E-state index is 5.69. The molecule has 1 N–H and O–H groups in total. The fourth-order valence-corrected chi connectivity index (χ4v) is 3.15. The van der Waals surface area contributed by atoms with E-state index < -0.39 is 0 Å². The van der Waals surface area contributed by atoms with Crippen LogP contribution in [0.2, 0.25) is 0 Å². The van der Waals surface area contributed by atoms with Crippen molar-refractivity contribution in [2.24, 2.45) is 5.92 Å². The molecule has 0 radical (unpaired) electrons. The normalized spacial score (nSPS) is 15.8. The van der Waals surface area contributed by atoms with Crippen LogP contribution >= 0.6 is 0 Å². The van der Waals surface area contributed by atoms with Gasteiger partial charge in [-0.3, -0.25) is 0 Å². The highest BCUT2D eigenvalue weighted by Crippen LogP contribution is 2.35. The number of ether oxygens (including phenoxy) is 2. The molecule has 0 aliphatic carbocycles. The lowest BCUT2D eigenvalue weighted by molar-refractivity contribution is 0.171. The zero-order valence-corrected chi connectivity index (χ0v) is 13.1. The molecule has 0 fully saturated rings. The fourth-order valence-electron chi connectivity index (χ4n) is 3.15. The van der Waals surface area contributed by atoms with Crippen molar-refractivity contribution in [3.05, 3.63) is 29.5 Å². The fraction of sp³-hybridized carbons (Fsp3) is 0.471. The van der Waals surface area contributed by atoms with E-state index >= 15 is 0 Å². The van der Waals surface area contributed by atoms with E-state index in [0.29, 0.717) is 19.1 Å². The smallest absolute Gasteiger partial charge is 0.163 e. The van der Waals surface area contributed by atoms with Gasteiger partial charge in [0.25, 0.3) is 0 Å². The highest BCUT2D eigenvalue weighted by Gasteiger charge is 2.24. The number of hydrogen-bond donors (Lipinski definition) is 1. The topological polar surface area (TPSA) is 48.3 Å². The molecule has 5 heteroatoms. The van der Waals surface area contributed by atoms with Crippen molar-refractivity contribution in [3.8, 4) is 17.2 Å². The number of fused-ring (bicyclic) bond motifs is 2. The second-order valence-corrected chi connectivity index (χ2v) is 6.29. The molecular weight excluding hydrogens is 278 g/mol. The Morgan fingerprint density at radius 1 is 1.23 bits per heavy atom. The third kappa shape index (κ3) is 2.21. The Bertz CT molecular complexity index is 706. The van der Waals surface area contributed by atoms with Crippen LogP contribution in [0.5, 0.6) is 11.5 Å². The lowest BCUT2D eigenvalue weighted by Gasteiger charge is -2.19. The Morgan fingerprint density at radius 3 is 2.86 bits per heavy atom. The molecule has 2 aliphatic heterocycles. The van der Waals surface area contributed by atoms with E-state index in [0.717, 1.165) is 42.4 Å². The van der Waals surface area contributed by atoms with Gasteiger partial charge in [-0.1, -0.05) is 13.8 Å². The molecule has 0 saturated heterocycles. The molecular formula is C17H21N3O2. The van der Waals surface area contributed by atoms with Gasteiger partial charge in [-0.15, -0.1) is 0 Å². The molecule has 3 heterocycles. The number of rotatable bonds is 3. The van der Waals surface area contributed by atoms with E-state index in [1.165, 1.54) is 11.3 Å². The van der Waals surface area contributed by atoms with Gasteiger partial charge in [0.15, 0.2) is 11.5 Å². The second kappa shape index (κ2) is 5.23. The van der Waals surface area contributed by atoms with Gasteiger partial charge in [-0.2, -0.15) is 5.10 Å². The van der Waals surface area contributed by atoms with Crippen LogP contribution in [0.3, 0.4) is 0 Å². The van der Waals surface area contributed by atoms with E-state index in [-0.39, 0.29) is 0 Å². The molecule has 2 aliphatic rings. The SMILES string of the molecule is CC(C)Cc1nn(-c2ccc3c(c2)OCCO3)c2c1CCN2. The van der Waals surface area contributed by atoms with Crippen molar-refractivity contribution < 1.29 is 9.47 Å². The summed E-state index contributed by atoms with van der Waals surface area (Å²) in [4.78, 5) is 0. The average Bonchev–Trinajstić information content (AvgIpc) is 3.10. The van der Waals surface area contributed by atoms with Crippen molar-refractivity contribution >= 4 is 5.82 Å². The molecule has 1 aromatic carbocycles. The first-order valence-corrected chi connectivity index (χ1v) is 7.97. The van der Waals surface area contributed by atoms with E-state index in [2.05, 4.69) is 19.2 Å². The van der Waals surface area contributed by atoms with Crippen molar-refractivity contribution in [1.82, 2.24) is 9.78 Å².